The predicted octanol–water partition coefficient (Wildman–Crippen LogP) is 5.97. The Morgan fingerprint density at radius 3 is 2.19 bits per heavy atom. The molecule has 0 atom stereocenters. The topological polar surface area (TPSA) is 49.4 Å². The fraction of sp³-hybridized carbons (Fsp3) is 0.120. The first-order chi connectivity index (χ1) is 15.1. The fourth-order valence-corrected chi connectivity index (χ4v) is 3.18. The van der Waals surface area contributed by atoms with Crippen LogP contribution in [0.5, 0.6) is 0 Å². The molecule has 0 heterocycles. The molecule has 2 amide bonds. The molecule has 1 N–H and O–H groups in total. The van der Waals surface area contributed by atoms with Crippen LogP contribution in [-0.2, 0) is 6.18 Å². The fourth-order valence-electron chi connectivity index (χ4n) is 3.18. The van der Waals surface area contributed by atoms with E-state index >= 15 is 0 Å². The van der Waals surface area contributed by atoms with Gasteiger partial charge in [-0.15, -0.1) is 0 Å². The van der Waals surface area contributed by atoms with E-state index in [1.807, 2.05) is 0 Å². The lowest BCUT2D eigenvalue weighted by Crippen LogP contribution is -2.24. The van der Waals surface area contributed by atoms with Gasteiger partial charge in [0.05, 0.1) is 16.8 Å². The van der Waals surface area contributed by atoms with Crippen LogP contribution in [0, 0.1) is 0 Å². The first-order valence-corrected chi connectivity index (χ1v) is 9.68. The van der Waals surface area contributed by atoms with Crippen LogP contribution in [0.4, 0.5) is 18.9 Å². The van der Waals surface area contributed by atoms with Gasteiger partial charge in [-0.1, -0.05) is 49.1 Å². The van der Waals surface area contributed by atoms with Crippen molar-refractivity contribution in [1.29, 1.82) is 0 Å². The van der Waals surface area contributed by atoms with Gasteiger partial charge in [-0.25, -0.2) is 0 Å². The Hall–Kier alpha value is -3.87. The van der Waals surface area contributed by atoms with Gasteiger partial charge in [-0.2, -0.15) is 13.2 Å². The second-order valence-corrected chi connectivity index (χ2v) is 7.28. The molecule has 0 aliphatic rings. The first kappa shape index (κ1) is 22.8. The number of amides is 2. The van der Waals surface area contributed by atoms with Crippen LogP contribution in [0.25, 0.3) is 17.2 Å². The number of nitrogens with zero attached hydrogens (tertiary/aromatic N) is 1. The Bertz CT molecular complexity index is 1170. The Balaban J connectivity index is 1.97. The summed E-state index contributed by atoms with van der Waals surface area (Å²) in [5, 5.41) is 2.76. The molecule has 4 nitrogen and oxygen atoms in total. The van der Waals surface area contributed by atoms with Gasteiger partial charge in [0.15, 0.2) is 0 Å². The summed E-state index contributed by atoms with van der Waals surface area (Å²) < 4.78 is 38.7. The number of carbonyl (C=O) groups excluding carboxylic acids is 2. The molecule has 0 spiro atoms. The second-order valence-electron chi connectivity index (χ2n) is 7.28. The highest BCUT2D eigenvalue weighted by Gasteiger charge is 2.30. The monoisotopic (exact) mass is 438 g/mol. The van der Waals surface area contributed by atoms with Gasteiger partial charge in [0, 0.05) is 19.7 Å². The quantitative estimate of drug-likeness (QED) is 0.534. The molecule has 164 valence electrons. The van der Waals surface area contributed by atoms with Crippen LogP contribution < -0.4 is 5.32 Å². The summed E-state index contributed by atoms with van der Waals surface area (Å²) in [7, 11) is 3.21. The highest BCUT2D eigenvalue weighted by atomic mass is 19.4. The summed E-state index contributed by atoms with van der Waals surface area (Å²) in [5.74, 6) is -0.778. The van der Waals surface area contributed by atoms with Crippen LogP contribution in [0.2, 0.25) is 0 Å². The molecule has 3 aromatic carbocycles. The maximum absolute atomic E-state index is 13.1. The van der Waals surface area contributed by atoms with Crippen molar-refractivity contribution in [1.82, 2.24) is 4.90 Å². The molecule has 0 aliphatic carbocycles. The minimum Gasteiger partial charge on any atom is -0.345 e. The van der Waals surface area contributed by atoms with Crippen molar-refractivity contribution in [3.05, 3.63) is 95.6 Å². The molecule has 0 bridgehead atoms. The van der Waals surface area contributed by atoms with E-state index in [2.05, 4.69) is 11.9 Å². The van der Waals surface area contributed by atoms with E-state index < -0.39 is 17.6 Å². The molecule has 0 unspecified atom stereocenters. The molecule has 32 heavy (non-hydrogen) atoms. The lowest BCUT2D eigenvalue weighted by atomic mass is 9.98. The molecule has 0 saturated carbocycles. The number of alkyl halides is 3. The van der Waals surface area contributed by atoms with E-state index in [1.165, 1.54) is 17.0 Å². The average molecular weight is 438 g/mol. The van der Waals surface area contributed by atoms with Crippen LogP contribution in [0.3, 0.4) is 0 Å². The molecule has 3 aromatic rings. The Morgan fingerprint density at radius 2 is 1.59 bits per heavy atom. The van der Waals surface area contributed by atoms with Crippen molar-refractivity contribution in [2.45, 2.75) is 6.18 Å². The second kappa shape index (κ2) is 9.09. The van der Waals surface area contributed by atoms with Crippen molar-refractivity contribution in [2.24, 2.45) is 0 Å². The van der Waals surface area contributed by atoms with Crippen LogP contribution in [0.1, 0.15) is 31.8 Å². The maximum Gasteiger partial charge on any atom is 0.416 e. The van der Waals surface area contributed by atoms with E-state index in [0.717, 1.165) is 17.7 Å². The smallest absolute Gasteiger partial charge is 0.345 e. The largest absolute Gasteiger partial charge is 0.416 e. The highest BCUT2D eigenvalue weighted by Crippen LogP contribution is 2.32. The summed E-state index contributed by atoms with van der Waals surface area (Å²) in [6, 6.07) is 16.2. The van der Waals surface area contributed by atoms with Crippen molar-refractivity contribution in [2.75, 3.05) is 19.4 Å². The van der Waals surface area contributed by atoms with E-state index in [4.69, 9.17) is 0 Å². The predicted molar refractivity (Wildman–Crippen MR) is 119 cm³/mol. The van der Waals surface area contributed by atoms with Crippen molar-refractivity contribution in [3.8, 4) is 11.1 Å². The zero-order chi connectivity index (χ0) is 23.5. The van der Waals surface area contributed by atoms with Crippen LogP contribution >= 0.6 is 0 Å². The number of anilines is 1. The maximum atomic E-state index is 13.1. The normalized spacial score (nSPS) is 11.0. The SMILES string of the molecule is C=Cc1ccc(NC(=O)c2ccccc2-c2ccc(C(F)(F)F)cc2)c(C(=O)N(C)C)c1. The number of benzene rings is 3. The molecule has 7 heteroatoms. The molecule has 0 fully saturated rings. The molecule has 0 aliphatic heterocycles. The van der Waals surface area contributed by atoms with Crippen LogP contribution in [0.15, 0.2) is 73.3 Å². The number of rotatable bonds is 5. The standard InChI is InChI=1S/C25H21F3N2O2/c1-4-16-9-14-22(21(15-16)24(32)30(2)3)29-23(31)20-8-6-5-7-19(20)17-10-12-18(13-11-17)25(26,27)28/h4-15H,1H2,2-3H3,(H,29,31). The van der Waals surface area contributed by atoms with Crippen LogP contribution in [-0.4, -0.2) is 30.8 Å². The Labute approximate surface area is 184 Å². The number of hydrogen-bond acceptors (Lipinski definition) is 2. The van der Waals surface area contributed by atoms with Crippen molar-refractivity contribution < 1.29 is 22.8 Å². The van der Waals surface area contributed by atoms with E-state index in [1.54, 1.807) is 62.6 Å². The van der Waals surface area contributed by atoms with Gasteiger partial charge in [0.2, 0.25) is 0 Å². The molecular weight excluding hydrogens is 417 g/mol. The summed E-state index contributed by atoms with van der Waals surface area (Å²) in [4.78, 5) is 27.1. The highest BCUT2D eigenvalue weighted by molar-refractivity contribution is 6.11. The van der Waals surface area contributed by atoms with Gasteiger partial charge in [0.1, 0.15) is 0 Å². The average Bonchev–Trinajstić information content (AvgIpc) is 2.78. The number of carbonyl (C=O) groups is 2. The summed E-state index contributed by atoms with van der Waals surface area (Å²) in [6.45, 7) is 3.70. The lowest BCUT2D eigenvalue weighted by Gasteiger charge is -2.17. The third kappa shape index (κ3) is 4.88. The van der Waals surface area contributed by atoms with Gasteiger partial charge in [0.25, 0.3) is 11.8 Å². The number of hydrogen-bond donors (Lipinski definition) is 1. The Kier molecular flexibility index (Phi) is 6.48. The number of halogens is 3. The molecule has 0 saturated heterocycles. The lowest BCUT2D eigenvalue weighted by molar-refractivity contribution is -0.137. The van der Waals surface area contributed by atoms with E-state index in [0.29, 0.717) is 22.4 Å². The molecule has 0 radical (unpaired) electrons. The minimum atomic E-state index is -4.44. The summed E-state index contributed by atoms with van der Waals surface area (Å²) in [6.07, 6.45) is -2.85. The van der Waals surface area contributed by atoms with E-state index in [-0.39, 0.29) is 11.5 Å². The van der Waals surface area contributed by atoms with Crippen molar-refractivity contribution >= 4 is 23.6 Å². The zero-order valence-electron chi connectivity index (χ0n) is 17.5. The summed E-state index contributed by atoms with van der Waals surface area (Å²) >= 11 is 0. The van der Waals surface area contributed by atoms with Crippen molar-refractivity contribution in [3.63, 3.8) is 0 Å². The minimum absolute atomic E-state index is 0.267. The van der Waals surface area contributed by atoms with Gasteiger partial charge < -0.3 is 10.2 Å². The van der Waals surface area contributed by atoms with Gasteiger partial charge in [-0.05, 0) is 47.0 Å². The Morgan fingerprint density at radius 1 is 0.938 bits per heavy atom. The van der Waals surface area contributed by atoms with Gasteiger partial charge >= 0.3 is 6.18 Å². The number of nitrogens with one attached hydrogen (secondary N) is 1. The third-order valence-electron chi connectivity index (χ3n) is 4.86. The van der Waals surface area contributed by atoms with E-state index in [9.17, 15) is 22.8 Å². The zero-order valence-corrected chi connectivity index (χ0v) is 17.5. The van der Waals surface area contributed by atoms with Gasteiger partial charge in [-0.3, -0.25) is 9.59 Å². The molecular formula is C25H21F3N2O2. The summed E-state index contributed by atoms with van der Waals surface area (Å²) in [5.41, 5.74) is 1.78. The molecule has 3 rings (SSSR count). The third-order valence-corrected chi connectivity index (χ3v) is 4.86. The first-order valence-electron chi connectivity index (χ1n) is 9.68. The molecule has 0 aromatic heterocycles.